The topological polar surface area (TPSA) is 44.8 Å². The average Bonchev–Trinajstić information content (AvgIpc) is 2.73. The van der Waals surface area contributed by atoms with E-state index in [1.165, 1.54) is 0 Å². The Hall–Kier alpha value is -2.37. The molecule has 27 heavy (non-hydrogen) atoms. The molecule has 0 saturated carbocycles. The molecule has 2 atom stereocenters. The third-order valence-electron chi connectivity index (χ3n) is 5.45. The van der Waals surface area contributed by atoms with Crippen LogP contribution in [0.25, 0.3) is 0 Å². The SMILES string of the molecule is COc1ccccc1C1CNCCN1CC(=O)N(C)C(C)c1ccccc1. The highest BCUT2D eigenvalue weighted by Gasteiger charge is 2.29. The molecule has 144 valence electrons. The van der Waals surface area contributed by atoms with Crippen molar-refractivity contribution in [2.75, 3.05) is 40.3 Å². The van der Waals surface area contributed by atoms with Crippen molar-refractivity contribution in [3.63, 3.8) is 0 Å². The van der Waals surface area contributed by atoms with Crippen LogP contribution < -0.4 is 10.1 Å². The molecule has 1 aliphatic rings. The molecule has 0 spiro atoms. The van der Waals surface area contributed by atoms with E-state index in [1.54, 1.807) is 7.11 Å². The number of ether oxygens (including phenoxy) is 1. The minimum absolute atomic E-state index is 0.0475. The quantitative estimate of drug-likeness (QED) is 0.853. The molecule has 5 nitrogen and oxygen atoms in total. The highest BCUT2D eigenvalue weighted by molar-refractivity contribution is 5.78. The highest BCUT2D eigenvalue weighted by Crippen LogP contribution is 2.30. The summed E-state index contributed by atoms with van der Waals surface area (Å²) >= 11 is 0. The third kappa shape index (κ3) is 4.49. The van der Waals surface area contributed by atoms with Gasteiger partial charge >= 0.3 is 0 Å². The Labute approximate surface area is 161 Å². The van der Waals surface area contributed by atoms with Gasteiger partial charge in [-0.05, 0) is 18.6 Å². The van der Waals surface area contributed by atoms with Crippen LogP contribution in [0.5, 0.6) is 5.75 Å². The lowest BCUT2D eigenvalue weighted by atomic mass is 10.0. The molecule has 1 saturated heterocycles. The number of benzene rings is 2. The van der Waals surface area contributed by atoms with E-state index in [0.29, 0.717) is 6.54 Å². The maximum absolute atomic E-state index is 13.0. The van der Waals surface area contributed by atoms with Gasteiger partial charge in [-0.3, -0.25) is 9.69 Å². The van der Waals surface area contributed by atoms with E-state index in [2.05, 4.69) is 35.3 Å². The van der Waals surface area contributed by atoms with Crippen LogP contribution in [0, 0.1) is 0 Å². The minimum Gasteiger partial charge on any atom is -0.496 e. The highest BCUT2D eigenvalue weighted by atomic mass is 16.5. The number of hydrogen-bond acceptors (Lipinski definition) is 4. The summed E-state index contributed by atoms with van der Waals surface area (Å²) in [6.45, 7) is 5.01. The second kappa shape index (κ2) is 9.02. The Morgan fingerprint density at radius 1 is 1.22 bits per heavy atom. The molecule has 0 radical (unpaired) electrons. The maximum atomic E-state index is 13.0. The lowest BCUT2D eigenvalue weighted by molar-refractivity contribution is -0.133. The van der Waals surface area contributed by atoms with Gasteiger partial charge in [-0.1, -0.05) is 48.5 Å². The minimum atomic E-state index is 0.0475. The molecule has 0 bridgehead atoms. The Morgan fingerprint density at radius 2 is 1.93 bits per heavy atom. The number of carbonyl (C=O) groups is 1. The van der Waals surface area contributed by atoms with Gasteiger partial charge in [0.2, 0.25) is 5.91 Å². The second-order valence-corrected chi connectivity index (χ2v) is 7.02. The summed E-state index contributed by atoms with van der Waals surface area (Å²) in [6.07, 6.45) is 0. The van der Waals surface area contributed by atoms with Crippen molar-refractivity contribution in [2.24, 2.45) is 0 Å². The molecule has 3 rings (SSSR count). The van der Waals surface area contributed by atoms with Gasteiger partial charge in [-0.15, -0.1) is 0 Å². The smallest absolute Gasteiger partial charge is 0.237 e. The first-order valence-electron chi connectivity index (χ1n) is 9.50. The average molecular weight is 367 g/mol. The Morgan fingerprint density at radius 3 is 2.67 bits per heavy atom. The number of carbonyl (C=O) groups excluding carboxylic acids is 1. The fourth-order valence-electron chi connectivity index (χ4n) is 3.64. The Balaban J connectivity index is 1.73. The van der Waals surface area contributed by atoms with Crippen LogP contribution in [-0.2, 0) is 4.79 Å². The first kappa shape index (κ1) is 19.4. The summed E-state index contributed by atoms with van der Waals surface area (Å²) in [5, 5.41) is 3.44. The summed E-state index contributed by atoms with van der Waals surface area (Å²) in [7, 11) is 3.58. The number of rotatable bonds is 6. The molecular weight excluding hydrogens is 338 g/mol. The van der Waals surface area contributed by atoms with Crippen LogP contribution in [0.15, 0.2) is 54.6 Å². The van der Waals surface area contributed by atoms with Crippen LogP contribution in [0.2, 0.25) is 0 Å². The van der Waals surface area contributed by atoms with E-state index >= 15 is 0 Å². The molecule has 1 heterocycles. The number of nitrogens with zero attached hydrogens (tertiary/aromatic N) is 2. The van der Waals surface area contributed by atoms with E-state index in [4.69, 9.17) is 4.74 Å². The van der Waals surface area contributed by atoms with Gasteiger partial charge in [0.25, 0.3) is 0 Å². The molecule has 2 unspecified atom stereocenters. The fourth-order valence-corrected chi connectivity index (χ4v) is 3.64. The van der Waals surface area contributed by atoms with Crippen molar-refractivity contribution in [1.29, 1.82) is 0 Å². The van der Waals surface area contributed by atoms with Crippen LogP contribution in [0.1, 0.15) is 30.1 Å². The first-order chi connectivity index (χ1) is 13.1. The van der Waals surface area contributed by atoms with E-state index in [0.717, 1.165) is 36.5 Å². The number of hydrogen-bond donors (Lipinski definition) is 1. The van der Waals surface area contributed by atoms with Gasteiger partial charge in [0.1, 0.15) is 5.75 Å². The zero-order valence-corrected chi connectivity index (χ0v) is 16.4. The number of likely N-dealkylation sites (N-methyl/N-ethyl adjacent to an activating group) is 1. The molecule has 0 aliphatic carbocycles. The Kier molecular flexibility index (Phi) is 6.48. The predicted molar refractivity (Wildman–Crippen MR) is 108 cm³/mol. The van der Waals surface area contributed by atoms with Crippen LogP contribution in [0.3, 0.4) is 0 Å². The summed E-state index contributed by atoms with van der Waals surface area (Å²) in [5.41, 5.74) is 2.27. The van der Waals surface area contributed by atoms with Gasteiger partial charge in [-0.2, -0.15) is 0 Å². The second-order valence-electron chi connectivity index (χ2n) is 7.02. The van der Waals surface area contributed by atoms with Crippen LogP contribution in [-0.4, -0.2) is 56.0 Å². The van der Waals surface area contributed by atoms with E-state index < -0.39 is 0 Å². The largest absolute Gasteiger partial charge is 0.496 e. The number of piperazine rings is 1. The molecule has 5 heteroatoms. The standard InChI is InChI=1S/C22H29N3O2/c1-17(18-9-5-4-6-10-18)24(2)22(26)16-25-14-13-23-15-20(25)19-11-7-8-12-21(19)27-3/h4-12,17,20,23H,13-16H2,1-3H3. The molecule has 1 fully saturated rings. The van der Waals surface area contributed by atoms with Crippen molar-refractivity contribution in [3.8, 4) is 5.75 Å². The maximum Gasteiger partial charge on any atom is 0.237 e. The third-order valence-corrected chi connectivity index (χ3v) is 5.45. The molecule has 2 aromatic rings. The zero-order valence-electron chi connectivity index (χ0n) is 16.4. The van der Waals surface area contributed by atoms with Crippen LogP contribution in [0.4, 0.5) is 0 Å². The molecule has 1 N–H and O–H groups in total. The zero-order chi connectivity index (χ0) is 19.2. The van der Waals surface area contributed by atoms with Gasteiger partial charge in [-0.25, -0.2) is 0 Å². The van der Waals surface area contributed by atoms with Gasteiger partial charge in [0.05, 0.1) is 25.7 Å². The van der Waals surface area contributed by atoms with Gasteiger partial charge < -0.3 is 15.0 Å². The van der Waals surface area contributed by atoms with E-state index in [1.807, 2.05) is 48.3 Å². The summed E-state index contributed by atoms with van der Waals surface area (Å²) in [5.74, 6) is 1.00. The lowest BCUT2D eigenvalue weighted by Gasteiger charge is -2.38. The number of para-hydroxylation sites is 1. The van der Waals surface area contributed by atoms with Crippen molar-refractivity contribution < 1.29 is 9.53 Å². The van der Waals surface area contributed by atoms with E-state index in [9.17, 15) is 4.79 Å². The molecular formula is C22H29N3O2. The summed E-state index contributed by atoms with van der Waals surface area (Å²) in [4.78, 5) is 17.1. The number of methoxy groups -OCH3 is 1. The number of amides is 1. The van der Waals surface area contributed by atoms with Crippen molar-refractivity contribution in [3.05, 3.63) is 65.7 Å². The number of nitrogens with one attached hydrogen (secondary N) is 1. The monoisotopic (exact) mass is 367 g/mol. The van der Waals surface area contributed by atoms with Crippen LogP contribution >= 0.6 is 0 Å². The normalized spacial score (nSPS) is 18.7. The lowest BCUT2D eigenvalue weighted by Crippen LogP contribution is -2.50. The fraction of sp³-hybridized carbons (Fsp3) is 0.409. The molecule has 1 aliphatic heterocycles. The molecule has 1 amide bonds. The summed E-state index contributed by atoms with van der Waals surface area (Å²) < 4.78 is 5.55. The molecule has 2 aromatic carbocycles. The van der Waals surface area contributed by atoms with Crippen molar-refractivity contribution in [2.45, 2.75) is 19.0 Å². The predicted octanol–water partition coefficient (Wildman–Crippen LogP) is 2.86. The first-order valence-corrected chi connectivity index (χ1v) is 9.50. The molecule has 0 aromatic heterocycles. The van der Waals surface area contributed by atoms with Crippen molar-refractivity contribution >= 4 is 5.91 Å². The van der Waals surface area contributed by atoms with Crippen molar-refractivity contribution in [1.82, 2.24) is 15.1 Å². The van der Waals surface area contributed by atoms with Gasteiger partial charge in [0.15, 0.2) is 0 Å². The Bertz CT molecular complexity index is 750. The summed E-state index contributed by atoms with van der Waals surface area (Å²) in [6, 6.07) is 18.4. The van der Waals surface area contributed by atoms with E-state index in [-0.39, 0.29) is 18.0 Å². The van der Waals surface area contributed by atoms with Gasteiger partial charge in [0, 0.05) is 32.2 Å².